The third-order valence-corrected chi connectivity index (χ3v) is 4.33. The summed E-state index contributed by atoms with van der Waals surface area (Å²) in [5.41, 5.74) is 1.56. The Morgan fingerprint density at radius 2 is 2.25 bits per heavy atom. The van der Waals surface area contributed by atoms with Crippen LogP contribution < -0.4 is 0 Å². The van der Waals surface area contributed by atoms with Gasteiger partial charge in [-0.1, -0.05) is 26.8 Å². The highest BCUT2D eigenvalue weighted by atomic mass is 16.5. The van der Waals surface area contributed by atoms with Crippen LogP contribution in [0.4, 0.5) is 0 Å². The lowest BCUT2D eigenvalue weighted by Gasteiger charge is -2.32. The maximum Gasteiger partial charge on any atom is 0.257 e. The molecule has 24 heavy (non-hydrogen) atoms. The van der Waals surface area contributed by atoms with Crippen LogP contribution in [0.5, 0.6) is 0 Å². The van der Waals surface area contributed by atoms with E-state index in [0.717, 1.165) is 17.9 Å². The van der Waals surface area contributed by atoms with Crippen molar-refractivity contribution in [3.63, 3.8) is 0 Å². The maximum atomic E-state index is 13.0. The van der Waals surface area contributed by atoms with Crippen molar-refractivity contribution >= 4 is 5.91 Å². The molecule has 128 valence electrons. The van der Waals surface area contributed by atoms with Crippen molar-refractivity contribution in [1.29, 1.82) is 0 Å². The first-order valence-electron chi connectivity index (χ1n) is 8.52. The molecule has 1 fully saturated rings. The van der Waals surface area contributed by atoms with E-state index in [9.17, 15) is 4.79 Å². The zero-order valence-electron chi connectivity index (χ0n) is 14.5. The standard InChI is InChI=1S/C18H24N4O2/c1-4-14-12-21(9-10-24-14)18(23)15-11-20-22(17(15)13(2)3)16-7-5-6-8-19-16/h5-8,11,13-14H,4,9-10,12H2,1-3H3/t14-/m0/s1. The first-order chi connectivity index (χ1) is 11.6. The molecule has 0 unspecified atom stereocenters. The number of carbonyl (C=O) groups excluding carboxylic acids is 1. The Kier molecular flexibility index (Phi) is 4.94. The lowest BCUT2D eigenvalue weighted by atomic mass is 10.0. The van der Waals surface area contributed by atoms with E-state index in [-0.39, 0.29) is 17.9 Å². The molecule has 1 saturated heterocycles. The van der Waals surface area contributed by atoms with Gasteiger partial charge in [0.15, 0.2) is 5.82 Å². The minimum absolute atomic E-state index is 0.0302. The van der Waals surface area contributed by atoms with E-state index < -0.39 is 0 Å². The highest BCUT2D eigenvalue weighted by Gasteiger charge is 2.28. The third-order valence-electron chi connectivity index (χ3n) is 4.33. The van der Waals surface area contributed by atoms with Crippen LogP contribution in [0.2, 0.25) is 0 Å². The number of pyridine rings is 1. The number of carbonyl (C=O) groups is 1. The number of morpholine rings is 1. The lowest BCUT2D eigenvalue weighted by Crippen LogP contribution is -2.45. The van der Waals surface area contributed by atoms with Crippen molar-refractivity contribution in [2.75, 3.05) is 19.7 Å². The molecule has 3 heterocycles. The summed E-state index contributed by atoms with van der Waals surface area (Å²) in [6.45, 7) is 8.08. The second-order valence-corrected chi connectivity index (χ2v) is 6.35. The summed E-state index contributed by atoms with van der Waals surface area (Å²) >= 11 is 0. The fraction of sp³-hybridized carbons (Fsp3) is 0.500. The molecule has 6 heteroatoms. The molecule has 0 radical (unpaired) electrons. The Bertz CT molecular complexity index is 696. The number of hydrogen-bond donors (Lipinski definition) is 0. The summed E-state index contributed by atoms with van der Waals surface area (Å²) in [5, 5.41) is 4.44. The Morgan fingerprint density at radius 3 is 2.92 bits per heavy atom. The van der Waals surface area contributed by atoms with E-state index in [1.807, 2.05) is 23.1 Å². The van der Waals surface area contributed by atoms with Crippen molar-refractivity contribution in [2.24, 2.45) is 0 Å². The topological polar surface area (TPSA) is 60.2 Å². The van der Waals surface area contributed by atoms with Crippen molar-refractivity contribution in [2.45, 2.75) is 39.2 Å². The minimum Gasteiger partial charge on any atom is -0.375 e. The van der Waals surface area contributed by atoms with Crippen LogP contribution in [0.3, 0.4) is 0 Å². The molecule has 1 atom stereocenters. The van der Waals surface area contributed by atoms with Gasteiger partial charge in [0, 0.05) is 19.3 Å². The predicted octanol–water partition coefficient (Wildman–Crippen LogP) is 2.64. The fourth-order valence-electron chi connectivity index (χ4n) is 3.06. The largest absolute Gasteiger partial charge is 0.375 e. The van der Waals surface area contributed by atoms with Gasteiger partial charge in [0.25, 0.3) is 5.91 Å². The average Bonchev–Trinajstić information content (AvgIpc) is 3.07. The summed E-state index contributed by atoms with van der Waals surface area (Å²) < 4.78 is 7.44. The molecule has 1 aliphatic heterocycles. The molecule has 0 aromatic carbocycles. The first-order valence-corrected chi connectivity index (χ1v) is 8.52. The van der Waals surface area contributed by atoms with Crippen molar-refractivity contribution < 1.29 is 9.53 Å². The van der Waals surface area contributed by atoms with E-state index in [4.69, 9.17) is 4.74 Å². The van der Waals surface area contributed by atoms with Crippen LogP contribution in [0.15, 0.2) is 30.6 Å². The van der Waals surface area contributed by atoms with E-state index in [2.05, 4.69) is 30.9 Å². The van der Waals surface area contributed by atoms with Crippen molar-refractivity contribution in [3.05, 3.63) is 41.9 Å². The van der Waals surface area contributed by atoms with Gasteiger partial charge in [0.1, 0.15) is 0 Å². The van der Waals surface area contributed by atoms with Gasteiger partial charge in [-0.2, -0.15) is 5.10 Å². The normalized spacial score (nSPS) is 18.2. The highest BCUT2D eigenvalue weighted by Crippen LogP contribution is 2.24. The zero-order valence-corrected chi connectivity index (χ0v) is 14.5. The molecule has 3 rings (SSSR count). The van der Waals surface area contributed by atoms with E-state index in [1.54, 1.807) is 17.1 Å². The number of rotatable bonds is 4. The van der Waals surface area contributed by atoms with Crippen LogP contribution >= 0.6 is 0 Å². The lowest BCUT2D eigenvalue weighted by molar-refractivity contribution is -0.0226. The van der Waals surface area contributed by atoms with E-state index in [0.29, 0.717) is 25.3 Å². The highest BCUT2D eigenvalue weighted by molar-refractivity contribution is 5.95. The summed E-state index contributed by atoms with van der Waals surface area (Å²) in [7, 11) is 0. The van der Waals surface area contributed by atoms with Gasteiger partial charge in [0.05, 0.1) is 30.2 Å². The Morgan fingerprint density at radius 1 is 1.42 bits per heavy atom. The molecule has 2 aromatic heterocycles. The van der Waals surface area contributed by atoms with Crippen molar-refractivity contribution in [3.8, 4) is 5.82 Å². The summed E-state index contributed by atoms with van der Waals surface area (Å²) in [6, 6.07) is 5.69. The molecular weight excluding hydrogens is 304 g/mol. The number of hydrogen-bond acceptors (Lipinski definition) is 4. The molecular formula is C18H24N4O2. The number of aromatic nitrogens is 3. The molecule has 1 aliphatic rings. The van der Waals surface area contributed by atoms with Gasteiger partial charge in [0.2, 0.25) is 0 Å². The molecule has 6 nitrogen and oxygen atoms in total. The summed E-state index contributed by atoms with van der Waals surface area (Å²) in [5.74, 6) is 0.924. The minimum atomic E-state index is 0.0302. The van der Waals surface area contributed by atoms with Gasteiger partial charge in [-0.05, 0) is 24.5 Å². The quantitative estimate of drug-likeness (QED) is 0.866. The third kappa shape index (κ3) is 3.19. The average molecular weight is 328 g/mol. The van der Waals surface area contributed by atoms with E-state index in [1.165, 1.54) is 0 Å². The second kappa shape index (κ2) is 7.13. The molecule has 0 saturated carbocycles. The number of ether oxygens (including phenoxy) is 1. The Labute approximate surface area is 142 Å². The van der Waals surface area contributed by atoms with Crippen LogP contribution in [-0.2, 0) is 4.74 Å². The fourth-order valence-corrected chi connectivity index (χ4v) is 3.06. The molecule has 0 spiro atoms. The Balaban J connectivity index is 1.93. The van der Waals surface area contributed by atoms with Gasteiger partial charge in [-0.25, -0.2) is 9.67 Å². The molecule has 0 aliphatic carbocycles. The summed E-state index contributed by atoms with van der Waals surface area (Å²) in [4.78, 5) is 19.3. The van der Waals surface area contributed by atoms with Gasteiger partial charge in [-0.15, -0.1) is 0 Å². The smallest absolute Gasteiger partial charge is 0.257 e. The van der Waals surface area contributed by atoms with Gasteiger partial charge >= 0.3 is 0 Å². The SMILES string of the molecule is CC[C@H]1CN(C(=O)c2cnn(-c3ccccn3)c2C(C)C)CCO1. The summed E-state index contributed by atoms with van der Waals surface area (Å²) in [6.07, 6.45) is 4.43. The predicted molar refractivity (Wildman–Crippen MR) is 91.4 cm³/mol. The molecule has 0 N–H and O–H groups in total. The molecule has 2 aromatic rings. The monoisotopic (exact) mass is 328 g/mol. The zero-order chi connectivity index (χ0) is 17.1. The Hall–Kier alpha value is -2.21. The number of nitrogens with zero attached hydrogens (tertiary/aromatic N) is 4. The first kappa shape index (κ1) is 16.6. The van der Waals surface area contributed by atoms with Crippen LogP contribution in [0, 0.1) is 0 Å². The number of amides is 1. The molecule has 1 amide bonds. The van der Waals surface area contributed by atoms with Crippen LogP contribution in [-0.4, -0.2) is 51.4 Å². The van der Waals surface area contributed by atoms with Crippen molar-refractivity contribution in [1.82, 2.24) is 19.7 Å². The van der Waals surface area contributed by atoms with Gasteiger partial charge < -0.3 is 9.64 Å². The van der Waals surface area contributed by atoms with E-state index >= 15 is 0 Å². The maximum absolute atomic E-state index is 13.0. The molecule has 0 bridgehead atoms. The van der Waals surface area contributed by atoms with Gasteiger partial charge in [-0.3, -0.25) is 4.79 Å². The second-order valence-electron chi connectivity index (χ2n) is 6.35. The van der Waals surface area contributed by atoms with Crippen LogP contribution in [0.1, 0.15) is 49.2 Å². The van der Waals surface area contributed by atoms with Crippen LogP contribution in [0.25, 0.3) is 5.82 Å².